The van der Waals surface area contributed by atoms with Crippen LogP contribution in [0.1, 0.15) is 30.0 Å². The normalized spacial score (nSPS) is 12.5. The maximum absolute atomic E-state index is 9.43. The van der Waals surface area contributed by atoms with Crippen LogP contribution >= 0.6 is 0 Å². The Bertz CT molecular complexity index is 728. The van der Waals surface area contributed by atoms with Crippen LogP contribution in [0.4, 0.5) is 0 Å². The van der Waals surface area contributed by atoms with Crippen LogP contribution in [0.3, 0.4) is 0 Å². The van der Waals surface area contributed by atoms with E-state index in [0.717, 1.165) is 11.3 Å². The number of aliphatic hydroxyl groups excluding tert-OH is 1. The molecular formula is C15H16N4O2. The smallest absolute Gasteiger partial charge is 0.158 e. The zero-order valence-electron chi connectivity index (χ0n) is 11.9. The van der Waals surface area contributed by atoms with Gasteiger partial charge in [0.05, 0.1) is 12.3 Å². The molecule has 0 aliphatic rings. The first kappa shape index (κ1) is 13.5. The second-order valence-electron chi connectivity index (χ2n) is 5.06. The number of aryl methyl sites for hydroxylation is 1. The minimum Gasteiger partial charge on any atom is -0.387 e. The largest absolute Gasteiger partial charge is 0.387 e. The highest BCUT2D eigenvalue weighted by Gasteiger charge is 2.10. The average Bonchev–Trinajstić information content (AvgIpc) is 3.10. The molecule has 3 aromatic rings. The van der Waals surface area contributed by atoms with Crippen LogP contribution in [-0.4, -0.2) is 25.3 Å². The van der Waals surface area contributed by atoms with E-state index in [2.05, 4.69) is 15.5 Å². The van der Waals surface area contributed by atoms with Gasteiger partial charge in [0.1, 0.15) is 17.9 Å². The standard InChI is InChI=1S/C15H16N4O2/c1-10-3-5-12(6-4-10)14-7-13(21-17-14)8-19-9-15(11(2)20)16-18-19/h3-7,9,11,20H,8H2,1-2H3. The summed E-state index contributed by atoms with van der Waals surface area (Å²) in [5.74, 6) is 0.688. The van der Waals surface area contributed by atoms with Crippen LogP contribution < -0.4 is 0 Å². The SMILES string of the molecule is Cc1ccc(-c2cc(Cn3cc(C(C)O)nn3)on2)cc1. The van der Waals surface area contributed by atoms with E-state index in [4.69, 9.17) is 4.52 Å². The van der Waals surface area contributed by atoms with Gasteiger partial charge in [0, 0.05) is 11.6 Å². The number of hydrogen-bond donors (Lipinski definition) is 1. The van der Waals surface area contributed by atoms with E-state index < -0.39 is 6.10 Å². The first-order valence-electron chi connectivity index (χ1n) is 6.72. The Kier molecular flexibility index (Phi) is 3.53. The molecule has 0 radical (unpaired) electrons. The third kappa shape index (κ3) is 3.00. The Morgan fingerprint density at radius 2 is 2.05 bits per heavy atom. The number of hydrogen-bond acceptors (Lipinski definition) is 5. The third-order valence-electron chi connectivity index (χ3n) is 3.21. The van der Waals surface area contributed by atoms with Crippen molar-refractivity contribution in [1.29, 1.82) is 0 Å². The predicted molar refractivity (Wildman–Crippen MR) is 76.4 cm³/mol. The number of benzene rings is 1. The van der Waals surface area contributed by atoms with Crippen molar-refractivity contribution in [2.75, 3.05) is 0 Å². The average molecular weight is 284 g/mol. The molecule has 6 nitrogen and oxygen atoms in total. The Balaban J connectivity index is 1.76. The van der Waals surface area contributed by atoms with Crippen molar-refractivity contribution in [3.05, 3.63) is 53.5 Å². The fraction of sp³-hybridized carbons (Fsp3) is 0.267. The molecule has 1 atom stereocenters. The van der Waals surface area contributed by atoms with Gasteiger partial charge in [-0.05, 0) is 13.8 Å². The molecule has 21 heavy (non-hydrogen) atoms. The maximum atomic E-state index is 9.43. The van der Waals surface area contributed by atoms with Crippen molar-refractivity contribution in [3.63, 3.8) is 0 Å². The number of nitrogens with zero attached hydrogens (tertiary/aromatic N) is 4. The molecule has 0 spiro atoms. The topological polar surface area (TPSA) is 77.0 Å². The third-order valence-corrected chi connectivity index (χ3v) is 3.21. The van der Waals surface area contributed by atoms with Gasteiger partial charge in [0.15, 0.2) is 5.76 Å². The lowest BCUT2D eigenvalue weighted by atomic mass is 10.1. The van der Waals surface area contributed by atoms with Crippen LogP contribution in [0.5, 0.6) is 0 Å². The van der Waals surface area contributed by atoms with Crippen LogP contribution in [-0.2, 0) is 6.54 Å². The molecule has 3 rings (SSSR count). The maximum Gasteiger partial charge on any atom is 0.158 e. The van der Waals surface area contributed by atoms with E-state index in [-0.39, 0.29) is 0 Å². The monoisotopic (exact) mass is 284 g/mol. The van der Waals surface area contributed by atoms with Gasteiger partial charge < -0.3 is 9.63 Å². The lowest BCUT2D eigenvalue weighted by Crippen LogP contribution is -1.99. The highest BCUT2D eigenvalue weighted by atomic mass is 16.5. The first-order chi connectivity index (χ1) is 10.1. The molecule has 0 saturated carbocycles. The summed E-state index contributed by atoms with van der Waals surface area (Å²) in [5.41, 5.74) is 3.55. The fourth-order valence-corrected chi connectivity index (χ4v) is 1.99. The molecule has 0 amide bonds. The molecule has 2 heterocycles. The second kappa shape index (κ2) is 5.49. The Morgan fingerprint density at radius 3 is 2.71 bits per heavy atom. The highest BCUT2D eigenvalue weighted by molar-refractivity contribution is 5.59. The number of aromatic nitrogens is 4. The van der Waals surface area contributed by atoms with Crippen LogP contribution in [0.15, 0.2) is 41.1 Å². The van der Waals surface area contributed by atoms with E-state index >= 15 is 0 Å². The Morgan fingerprint density at radius 1 is 1.29 bits per heavy atom. The second-order valence-corrected chi connectivity index (χ2v) is 5.06. The lowest BCUT2D eigenvalue weighted by molar-refractivity contribution is 0.194. The van der Waals surface area contributed by atoms with Gasteiger partial charge >= 0.3 is 0 Å². The minimum absolute atomic E-state index is 0.429. The van der Waals surface area contributed by atoms with E-state index in [0.29, 0.717) is 18.0 Å². The zero-order valence-corrected chi connectivity index (χ0v) is 11.9. The molecule has 0 bridgehead atoms. The summed E-state index contributed by atoms with van der Waals surface area (Å²) in [6.45, 7) is 4.12. The highest BCUT2D eigenvalue weighted by Crippen LogP contribution is 2.20. The van der Waals surface area contributed by atoms with Crippen LogP contribution in [0, 0.1) is 6.92 Å². The summed E-state index contributed by atoms with van der Waals surface area (Å²) >= 11 is 0. The predicted octanol–water partition coefficient (Wildman–Crippen LogP) is 2.34. The lowest BCUT2D eigenvalue weighted by Gasteiger charge is -1.96. The Hall–Kier alpha value is -2.47. The minimum atomic E-state index is -0.628. The molecule has 1 aromatic carbocycles. The molecule has 1 unspecified atom stereocenters. The van der Waals surface area contributed by atoms with Gasteiger partial charge in [0.2, 0.25) is 0 Å². The number of rotatable bonds is 4. The molecule has 1 N–H and O–H groups in total. The van der Waals surface area contributed by atoms with E-state index in [9.17, 15) is 5.11 Å². The summed E-state index contributed by atoms with van der Waals surface area (Å²) in [6, 6.07) is 9.98. The molecule has 108 valence electrons. The van der Waals surface area contributed by atoms with E-state index in [1.807, 2.05) is 37.3 Å². The van der Waals surface area contributed by atoms with Crippen LogP contribution in [0.25, 0.3) is 11.3 Å². The zero-order chi connectivity index (χ0) is 14.8. The number of aliphatic hydroxyl groups is 1. The van der Waals surface area contributed by atoms with E-state index in [1.165, 1.54) is 5.56 Å². The summed E-state index contributed by atoms with van der Waals surface area (Å²) < 4.78 is 6.93. The fourth-order valence-electron chi connectivity index (χ4n) is 1.99. The van der Waals surface area contributed by atoms with Gasteiger partial charge in [-0.2, -0.15) is 0 Å². The van der Waals surface area contributed by atoms with Gasteiger partial charge in [-0.3, -0.25) is 0 Å². The molecule has 0 aliphatic heterocycles. The van der Waals surface area contributed by atoms with E-state index in [1.54, 1.807) is 17.8 Å². The van der Waals surface area contributed by atoms with Gasteiger partial charge in [0.25, 0.3) is 0 Å². The van der Waals surface area contributed by atoms with Gasteiger partial charge in [-0.15, -0.1) is 5.10 Å². The summed E-state index contributed by atoms with van der Waals surface area (Å²) in [7, 11) is 0. The quantitative estimate of drug-likeness (QED) is 0.795. The Labute approximate surface area is 122 Å². The summed E-state index contributed by atoms with van der Waals surface area (Å²) in [4.78, 5) is 0. The van der Waals surface area contributed by atoms with Crippen molar-refractivity contribution in [2.24, 2.45) is 0 Å². The van der Waals surface area contributed by atoms with Crippen molar-refractivity contribution in [3.8, 4) is 11.3 Å². The molecule has 0 saturated heterocycles. The molecule has 0 aliphatic carbocycles. The van der Waals surface area contributed by atoms with Gasteiger partial charge in [-0.1, -0.05) is 40.2 Å². The van der Waals surface area contributed by atoms with Crippen molar-refractivity contribution >= 4 is 0 Å². The van der Waals surface area contributed by atoms with Gasteiger partial charge in [-0.25, -0.2) is 4.68 Å². The van der Waals surface area contributed by atoms with Crippen molar-refractivity contribution in [2.45, 2.75) is 26.5 Å². The summed E-state index contributed by atoms with van der Waals surface area (Å²) in [6.07, 6.45) is 1.07. The van der Waals surface area contributed by atoms with Crippen LogP contribution in [0.2, 0.25) is 0 Å². The molecule has 0 fully saturated rings. The van der Waals surface area contributed by atoms with Crippen molar-refractivity contribution in [1.82, 2.24) is 20.2 Å². The summed E-state index contributed by atoms with van der Waals surface area (Å²) in [5, 5.41) is 21.3. The molecule has 6 heteroatoms. The molecular weight excluding hydrogens is 268 g/mol. The first-order valence-corrected chi connectivity index (χ1v) is 6.72. The van der Waals surface area contributed by atoms with Crippen molar-refractivity contribution < 1.29 is 9.63 Å². The molecule has 2 aromatic heterocycles.